The maximum atomic E-state index is 12.3. The highest BCUT2D eigenvalue weighted by molar-refractivity contribution is 5.93. The highest BCUT2D eigenvalue weighted by Crippen LogP contribution is 2.33. The van der Waals surface area contributed by atoms with Crippen LogP contribution in [0.1, 0.15) is 31.2 Å². The Hall–Kier alpha value is -1.39. The smallest absolute Gasteiger partial charge is 0.229 e. The van der Waals surface area contributed by atoms with Crippen LogP contribution in [0.4, 0.5) is 5.69 Å². The van der Waals surface area contributed by atoms with E-state index in [9.17, 15) is 4.79 Å². The molecule has 0 saturated carbocycles. The predicted molar refractivity (Wildman–Crippen MR) is 78.5 cm³/mol. The van der Waals surface area contributed by atoms with Crippen molar-refractivity contribution in [1.82, 2.24) is 5.32 Å². The van der Waals surface area contributed by atoms with E-state index in [1.807, 2.05) is 24.3 Å². The first-order valence-electron chi connectivity index (χ1n) is 7.53. The number of anilines is 1. The van der Waals surface area contributed by atoms with Crippen LogP contribution in [-0.4, -0.2) is 29.7 Å². The number of hydrogen-bond acceptors (Lipinski definition) is 3. The molecule has 2 saturated heterocycles. The number of aryl methyl sites for hydroxylation is 1. The molecule has 2 heterocycles. The van der Waals surface area contributed by atoms with E-state index in [1.54, 1.807) is 0 Å². The number of aliphatic hydroxyl groups excluding tert-OH is 1. The molecule has 108 valence electrons. The number of benzene rings is 1. The number of carbonyl (C=O) groups excluding carboxylic acids is 1. The summed E-state index contributed by atoms with van der Waals surface area (Å²) in [6, 6.07) is 8.85. The Bertz CT molecular complexity index is 489. The average molecular weight is 274 g/mol. The molecule has 3 unspecified atom stereocenters. The molecule has 0 aliphatic carbocycles. The van der Waals surface area contributed by atoms with Crippen LogP contribution in [-0.2, 0) is 11.2 Å². The Morgan fingerprint density at radius 1 is 1.40 bits per heavy atom. The summed E-state index contributed by atoms with van der Waals surface area (Å²) in [6.45, 7) is 0.202. The number of rotatable bonds is 5. The largest absolute Gasteiger partial charge is 0.396 e. The zero-order valence-electron chi connectivity index (χ0n) is 11.6. The molecule has 0 aromatic heterocycles. The van der Waals surface area contributed by atoms with E-state index in [1.165, 1.54) is 6.42 Å². The zero-order valence-corrected chi connectivity index (χ0v) is 11.6. The fraction of sp³-hybridized carbons (Fsp3) is 0.562. The standard InChI is InChI=1S/C16H22N2O2/c19-8-2-4-11-3-1-5-12(9-11)18-16(20)14-10-13-6-7-15(14)17-13/h1,3,5,9,13-15,17,19H,2,4,6-8,10H2,(H,18,20). The van der Waals surface area contributed by atoms with E-state index in [4.69, 9.17) is 5.11 Å². The van der Waals surface area contributed by atoms with Crippen molar-refractivity contribution in [3.63, 3.8) is 0 Å². The van der Waals surface area contributed by atoms with Crippen molar-refractivity contribution in [2.24, 2.45) is 5.92 Å². The molecule has 1 amide bonds. The summed E-state index contributed by atoms with van der Waals surface area (Å²) in [7, 11) is 0. The predicted octanol–water partition coefficient (Wildman–Crippen LogP) is 1.69. The molecule has 3 N–H and O–H groups in total. The maximum absolute atomic E-state index is 12.3. The number of carbonyl (C=O) groups is 1. The molecule has 1 aromatic rings. The topological polar surface area (TPSA) is 61.4 Å². The molecule has 4 heteroatoms. The molecular weight excluding hydrogens is 252 g/mol. The van der Waals surface area contributed by atoms with Gasteiger partial charge in [0.25, 0.3) is 0 Å². The van der Waals surface area contributed by atoms with E-state index < -0.39 is 0 Å². The minimum atomic E-state index is 0.120. The maximum Gasteiger partial charge on any atom is 0.229 e. The van der Waals surface area contributed by atoms with Crippen LogP contribution < -0.4 is 10.6 Å². The highest BCUT2D eigenvalue weighted by Gasteiger charge is 2.42. The van der Waals surface area contributed by atoms with E-state index >= 15 is 0 Å². The van der Waals surface area contributed by atoms with Gasteiger partial charge >= 0.3 is 0 Å². The van der Waals surface area contributed by atoms with E-state index in [2.05, 4.69) is 10.6 Å². The molecule has 2 bridgehead atoms. The molecule has 3 atom stereocenters. The molecule has 0 spiro atoms. The van der Waals surface area contributed by atoms with Crippen molar-refractivity contribution >= 4 is 11.6 Å². The number of hydrogen-bond donors (Lipinski definition) is 3. The number of nitrogens with one attached hydrogen (secondary N) is 2. The van der Waals surface area contributed by atoms with Gasteiger partial charge in [0.1, 0.15) is 0 Å². The number of aliphatic hydroxyl groups is 1. The first-order valence-corrected chi connectivity index (χ1v) is 7.53. The van der Waals surface area contributed by atoms with Crippen molar-refractivity contribution in [1.29, 1.82) is 0 Å². The third-order valence-electron chi connectivity index (χ3n) is 4.45. The van der Waals surface area contributed by atoms with Crippen LogP contribution in [0.25, 0.3) is 0 Å². The Labute approximate surface area is 119 Å². The first-order chi connectivity index (χ1) is 9.76. The van der Waals surface area contributed by atoms with Gasteiger partial charge in [0.05, 0.1) is 5.92 Å². The molecule has 2 aliphatic heterocycles. The van der Waals surface area contributed by atoms with Gasteiger partial charge in [-0.3, -0.25) is 4.79 Å². The van der Waals surface area contributed by atoms with E-state index in [0.29, 0.717) is 12.1 Å². The summed E-state index contributed by atoms with van der Waals surface area (Å²) in [4.78, 5) is 12.3. The minimum Gasteiger partial charge on any atom is -0.396 e. The van der Waals surface area contributed by atoms with Crippen LogP contribution in [0.5, 0.6) is 0 Å². The fourth-order valence-corrected chi connectivity index (χ4v) is 3.44. The summed E-state index contributed by atoms with van der Waals surface area (Å²) < 4.78 is 0. The van der Waals surface area contributed by atoms with Gasteiger partial charge in [-0.25, -0.2) is 0 Å². The lowest BCUT2D eigenvalue weighted by Gasteiger charge is -2.19. The van der Waals surface area contributed by atoms with Gasteiger partial charge in [-0.1, -0.05) is 12.1 Å². The van der Waals surface area contributed by atoms with Gasteiger partial charge in [0.2, 0.25) is 5.91 Å². The second-order valence-corrected chi connectivity index (χ2v) is 5.91. The molecule has 1 aromatic carbocycles. The van der Waals surface area contributed by atoms with Gasteiger partial charge in [-0.15, -0.1) is 0 Å². The van der Waals surface area contributed by atoms with Crippen LogP contribution in [0, 0.1) is 5.92 Å². The molecule has 2 fully saturated rings. The minimum absolute atomic E-state index is 0.120. The molecule has 2 aliphatic rings. The Morgan fingerprint density at radius 2 is 2.30 bits per heavy atom. The molecule has 3 rings (SSSR count). The average Bonchev–Trinajstić information content (AvgIpc) is 3.08. The summed E-state index contributed by atoms with van der Waals surface area (Å²) in [6.07, 6.45) is 4.91. The highest BCUT2D eigenvalue weighted by atomic mass is 16.2. The van der Waals surface area contributed by atoms with Gasteiger partial charge in [-0.2, -0.15) is 0 Å². The van der Waals surface area contributed by atoms with Gasteiger partial charge in [0, 0.05) is 24.4 Å². The lowest BCUT2D eigenvalue weighted by atomic mass is 9.88. The third kappa shape index (κ3) is 2.86. The first kappa shape index (κ1) is 13.6. The summed E-state index contributed by atoms with van der Waals surface area (Å²) in [5, 5.41) is 15.4. The van der Waals surface area contributed by atoms with E-state index in [-0.39, 0.29) is 18.4 Å². The lowest BCUT2D eigenvalue weighted by Crippen LogP contribution is -2.32. The summed E-state index contributed by atoms with van der Waals surface area (Å²) in [5.41, 5.74) is 2.02. The summed E-state index contributed by atoms with van der Waals surface area (Å²) in [5.74, 6) is 0.263. The molecule has 4 nitrogen and oxygen atoms in total. The van der Waals surface area contributed by atoms with Crippen LogP contribution >= 0.6 is 0 Å². The van der Waals surface area contributed by atoms with Gasteiger partial charge < -0.3 is 15.7 Å². The molecular formula is C16H22N2O2. The quantitative estimate of drug-likeness (QED) is 0.765. The Morgan fingerprint density at radius 3 is 3.00 bits per heavy atom. The third-order valence-corrected chi connectivity index (χ3v) is 4.45. The Kier molecular flexibility index (Phi) is 4.03. The summed E-state index contributed by atoms with van der Waals surface area (Å²) >= 11 is 0. The zero-order chi connectivity index (χ0) is 13.9. The Balaban J connectivity index is 1.61. The van der Waals surface area contributed by atoms with Crippen molar-refractivity contribution in [3.05, 3.63) is 29.8 Å². The van der Waals surface area contributed by atoms with Crippen LogP contribution in [0.3, 0.4) is 0 Å². The second-order valence-electron chi connectivity index (χ2n) is 5.91. The fourth-order valence-electron chi connectivity index (χ4n) is 3.44. The monoisotopic (exact) mass is 274 g/mol. The number of fused-ring (bicyclic) bond motifs is 2. The van der Waals surface area contributed by atoms with Crippen LogP contribution in [0.15, 0.2) is 24.3 Å². The second kappa shape index (κ2) is 5.94. The molecule has 20 heavy (non-hydrogen) atoms. The van der Waals surface area contributed by atoms with Crippen molar-refractivity contribution in [2.75, 3.05) is 11.9 Å². The van der Waals surface area contributed by atoms with Crippen molar-refractivity contribution < 1.29 is 9.90 Å². The van der Waals surface area contributed by atoms with E-state index in [0.717, 1.165) is 36.9 Å². The van der Waals surface area contributed by atoms with Crippen LogP contribution in [0.2, 0.25) is 0 Å². The van der Waals surface area contributed by atoms with Crippen molar-refractivity contribution in [3.8, 4) is 0 Å². The number of amides is 1. The molecule has 0 radical (unpaired) electrons. The van der Waals surface area contributed by atoms with Gasteiger partial charge in [0.15, 0.2) is 0 Å². The normalized spacial score (nSPS) is 27.8. The SMILES string of the molecule is O=C(Nc1cccc(CCCO)c1)C1CC2CCC1N2. The van der Waals surface area contributed by atoms with Crippen molar-refractivity contribution in [2.45, 2.75) is 44.2 Å². The van der Waals surface area contributed by atoms with Gasteiger partial charge in [-0.05, 0) is 49.8 Å². The lowest BCUT2D eigenvalue weighted by molar-refractivity contribution is -0.120.